The monoisotopic (exact) mass is 280 g/mol. The van der Waals surface area contributed by atoms with Gasteiger partial charge in [0.2, 0.25) is 0 Å². The lowest BCUT2D eigenvalue weighted by Crippen LogP contribution is -2.41. The number of aliphatic hydroxyl groups excluding tert-OH is 1. The topological polar surface area (TPSA) is 29.5 Å². The summed E-state index contributed by atoms with van der Waals surface area (Å²) in [6.45, 7) is 11.9. The van der Waals surface area contributed by atoms with E-state index in [1.165, 1.54) is 5.56 Å². The third-order valence-corrected chi connectivity index (χ3v) is 8.57. The van der Waals surface area contributed by atoms with E-state index in [2.05, 4.69) is 46.0 Å². The average Bonchev–Trinajstić information content (AvgIpc) is 2.28. The van der Waals surface area contributed by atoms with Gasteiger partial charge in [-0.25, -0.2) is 0 Å². The molecule has 0 amide bonds. The van der Waals surface area contributed by atoms with Crippen LogP contribution in [0.2, 0.25) is 18.1 Å². The Balaban J connectivity index is 2.34. The quantitative estimate of drug-likeness (QED) is 0.798. The number of hydrogen-bond acceptors (Lipinski definition) is 2. The molecule has 0 saturated heterocycles. The van der Waals surface area contributed by atoms with Crippen LogP contribution in [0, 0.1) is 0 Å². The zero-order valence-electron chi connectivity index (χ0n) is 12.9. The first-order chi connectivity index (χ1) is 8.72. The summed E-state index contributed by atoms with van der Waals surface area (Å²) in [5, 5.41) is 10.3. The Morgan fingerprint density at radius 1 is 1.16 bits per heavy atom. The first-order valence-corrected chi connectivity index (χ1v) is 9.99. The van der Waals surface area contributed by atoms with Crippen LogP contribution in [0.1, 0.15) is 32.8 Å². The van der Waals surface area contributed by atoms with Crippen LogP contribution < -0.4 is 0 Å². The second-order valence-corrected chi connectivity index (χ2v) is 11.6. The third kappa shape index (κ3) is 5.47. The Labute approximate surface area is 118 Å². The molecule has 0 fully saturated rings. The van der Waals surface area contributed by atoms with Crippen LogP contribution >= 0.6 is 0 Å². The fourth-order valence-electron chi connectivity index (χ4n) is 1.65. The molecule has 1 aromatic rings. The lowest BCUT2D eigenvalue weighted by molar-refractivity contribution is 0.135. The highest BCUT2D eigenvalue weighted by molar-refractivity contribution is 6.74. The maximum Gasteiger partial charge on any atom is 0.191 e. The summed E-state index contributed by atoms with van der Waals surface area (Å²) < 4.78 is 6.08. The molecule has 1 rings (SSSR count). The maximum absolute atomic E-state index is 10.0. The first-order valence-electron chi connectivity index (χ1n) is 7.08. The van der Waals surface area contributed by atoms with E-state index in [4.69, 9.17) is 4.43 Å². The molecule has 19 heavy (non-hydrogen) atoms. The molecule has 1 atom stereocenters. The first kappa shape index (κ1) is 16.4. The van der Waals surface area contributed by atoms with E-state index in [1.807, 2.05) is 18.2 Å². The minimum atomic E-state index is -1.67. The van der Waals surface area contributed by atoms with Gasteiger partial charge in [0.25, 0.3) is 0 Å². The highest BCUT2D eigenvalue weighted by Gasteiger charge is 2.36. The van der Waals surface area contributed by atoms with Gasteiger partial charge < -0.3 is 9.53 Å². The minimum absolute atomic E-state index is 0.234. The molecular weight excluding hydrogens is 252 g/mol. The van der Waals surface area contributed by atoms with Crippen molar-refractivity contribution >= 4 is 8.32 Å². The minimum Gasteiger partial charge on any atom is -0.417 e. The van der Waals surface area contributed by atoms with Crippen molar-refractivity contribution in [3.05, 3.63) is 35.9 Å². The molecule has 0 aliphatic carbocycles. The van der Waals surface area contributed by atoms with E-state index < -0.39 is 8.32 Å². The van der Waals surface area contributed by atoms with Crippen molar-refractivity contribution in [2.45, 2.75) is 57.8 Å². The smallest absolute Gasteiger partial charge is 0.191 e. The fraction of sp³-hybridized carbons (Fsp3) is 0.625. The average molecular weight is 280 g/mol. The van der Waals surface area contributed by atoms with Gasteiger partial charge in [0, 0.05) is 6.61 Å². The SMILES string of the molecule is CC(C)(C)[Si](C)(C)OCCC(O)Cc1ccccc1. The molecule has 108 valence electrons. The Kier molecular flexibility index (Phi) is 5.77. The van der Waals surface area contributed by atoms with Crippen molar-refractivity contribution in [3.8, 4) is 0 Å². The molecule has 0 saturated carbocycles. The van der Waals surface area contributed by atoms with Crippen LogP contribution in [0.3, 0.4) is 0 Å². The van der Waals surface area contributed by atoms with Crippen molar-refractivity contribution in [1.82, 2.24) is 0 Å². The summed E-state index contributed by atoms with van der Waals surface area (Å²) in [7, 11) is -1.67. The number of benzene rings is 1. The normalized spacial score (nSPS) is 14.4. The molecule has 0 heterocycles. The second kappa shape index (κ2) is 6.68. The Morgan fingerprint density at radius 3 is 2.26 bits per heavy atom. The largest absolute Gasteiger partial charge is 0.417 e. The zero-order valence-corrected chi connectivity index (χ0v) is 13.9. The number of aliphatic hydroxyl groups is 1. The van der Waals surface area contributed by atoms with Gasteiger partial charge in [-0.2, -0.15) is 0 Å². The van der Waals surface area contributed by atoms with Crippen LogP contribution in [0.5, 0.6) is 0 Å². The van der Waals surface area contributed by atoms with Crippen molar-refractivity contribution in [1.29, 1.82) is 0 Å². The van der Waals surface area contributed by atoms with Crippen LogP contribution in [0.25, 0.3) is 0 Å². The highest BCUT2D eigenvalue weighted by atomic mass is 28.4. The van der Waals surface area contributed by atoms with Crippen molar-refractivity contribution in [3.63, 3.8) is 0 Å². The second-order valence-electron chi connectivity index (χ2n) is 6.74. The predicted molar refractivity (Wildman–Crippen MR) is 83.9 cm³/mol. The van der Waals surface area contributed by atoms with Crippen LogP contribution in [0.4, 0.5) is 0 Å². The van der Waals surface area contributed by atoms with Crippen molar-refractivity contribution in [2.24, 2.45) is 0 Å². The summed E-state index contributed by atoms with van der Waals surface area (Å²) in [5.41, 5.74) is 1.18. The van der Waals surface area contributed by atoms with Crippen LogP contribution in [0.15, 0.2) is 30.3 Å². The van der Waals surface area contributed by atoms with Gasteiger partial charge in [-0.3, -0.25) is 0 Å². The molecule has 2 nitrogen and oxygen atoms in total. The zero-order chi connectivity index (χ0) is 14.5. The molecule has 0 radical (unpaired) electrons. The summed E-state index contributed by atoms with van der Waals surface area (Å²) in [6.07, 6.45) is 1.11. The molecular formula is C16H28O2Si. The van der Waals surface area contributed by atoms with E-state index in [0.717, 1.165) is 0 Å². The van der Waals surface area contributed by atoms with Gasteiger partial charge in [0.05, 0.1) is 6.10 Å². The molecule has 0 aliphatic heterocycles. The van der Waals surface area contributed by atoms with E-state index >= 15 is 0 Å². The summed E-state index contributed by atoms with van der Waals surface area (Å²) in [5.74, 6) is 0. The van der Waals surface area contributed by atoms with E-state index in [0.29, 0.717) is 19.4 Å². The Hall–Kier alpha value is -0.643. The van der Waals surface area contributed by atoms with Gasteiger partial charge >= 0.3 is 0 Å². The van der Waals surface area contributed by atoms with E-state index in [-0.39, 0.29) is 11.1 Å². The Bertz CT molecular complexity index is 368. The lowest BCUT2D eigenvalue weighted by Gasteiger charge is -2.36. The molecule has 0 spiro atoms. The van der Waals surface area contributed by atoms with E-state index in [9.17, 15) is 5.11 Å². The van der Waals surface area contributed by atoms with Crippen LogP contribution in [-0.2, 0) is 10.8 Å². The molecule has 1 aromatic carbocycles. The van der Waals surface area contributed by atoms with Crippen molar-refractivity contribution in [2.75, 3.05) is 6.61 Å². The van der Waals surface area contributed by atoms with Gasteiger partial charge in [0.15, 0.2) is 8.32 Å². The van der Waals surface area contributed by atoms with E-state index in [1.54, 1.807) is 0 Å². The van der Waals surface area contributed by atoms with Gasteiger partial charge in [0.1, 0.15) is 0 Å². The Morgan fingerprint density at radius 2 is 1.74 bits per heavy atom. The summed E-state index contributed by atoms with van der Waals surface area (Å²) in [6, 6.07) is 10.1. The summed E-state index contributed by atoms with van der Waals surface area (Å²) >= 11 is 0. The van der Waals surface area contributed by atoms with Gasteiger partial charge in [-0.1, -0.05) is 51.1 Å². The molecule has 0 aromatic heterocycles. The molecule has 1 N–H and O–H groups in total. The standard InChI is InChI=1S/C16H28O2Si/c1-16(2,3)19(4,5)18-12-11-15(17)13-14-9-7-6-8-10-14/h6-10,15,17H,11-13H2,1-5H3. The fourth-order valence-corrected chi connectivity index (χ4v) is 2.72. The van der Waals surface area contributed by atoms with Gasteiger partial charge in [-0.05, 0) is 36.5 Å². The lowest BCUT2D eigenvalue weighted by atomic mass is 10.1. The molecule has 0 bridgehead atoms. The summed E-state index contributed by atoms with van der Waals surface area (Å²) in [4.78, 5) is 0. The third-order valence-electron chi connectivity index (χ3n) is 4.03. The molecule has 0 aliphatic rings. The molecule has 1 unspecified atom stereocenters. The number of hydrogen-bond donors (Lipinski definition) is 1. The highest BCUT2D eigenvalue weighted by Crippen LogP contribution is 2.36. The van der Waals surface area contributed by atoms with Gasteiger partial charge in [-0.15, -0.1) is 0 Å². The predicted octanol–water partition coefficient (Wildman–Crippen LogP) is 4.00. The molecule has 3 heteroatoms. The maximum atomic E-state index is 10.0. The van der Waals surface area contributed by atoms with Crippen molar-refractivity contribution < 1.29 is 9.53 Å². The van der Waals surface area contributed by atoms with Crippen LogP contribution in [-0.4, -0.2) is 26.1 Å². The number of rotatable bonds is 6.